The summed E-state index contributed by atoms with van der Waals surface area (Å²) >= 11 is 2.42. The molecule has 0 atom stereocenters. The van der Waals surface area contributed by atoms with Crippen molar-refractivity contribution in [3.05, 3.63) is 151 Å². The van der Waals surface area contributed by atoms with E-state index in [0.717, 1.165) is 61.5 Å². The van der Waals surface area contributed by atoms with E-state index in [1.165, 1.54) is 11.3 Å². The lowest BCUT2D eigenvalue weighted by Gasteiger charge is -2.09. The molecule has 4 aromatic carbocycles. The highest BCUT2D eigenvalue weighted by molar-refractivity contribution is 8.27. The minimum Gasteiger partial charge on any atom is -0.292 e. The molecule has 0 radical (unpaired) electrons. The fraction of sp³-hybridized carbons (Fsp3) is 0. The number of aromatic nitrogens is 5. The zero-order valence-corrected chi connectivity index (χ0v) is 27.0. The largest absolute Gasteiger partial charge is 0.292 e. The second kappa shape index (κ2) is 12.7. The highest BCUT2D eigenvalue weighted by Crippen LogP contribution is 2.33. The molecule has 2 N–H and O–H groups in total. The highest BCUT2D eigenvalue weighted by Gasteiger charge is 2.16. The van der Waals surface area contributed by atoms with Crippen LogP contribution in [0.3, 0.4) is 0 Å². The molecule has 0 bridgehead atoms. The molecular formula is C39H25N7S2. The summed E-state index contributed by atoms with van der Waals surface area (Å²) in [6.07, 6.45) is 0. The Balaban J connectivity index is 1.01. The number of nitrogens with zero attached hydrogens (tertiary/aromatic N) is 5. The van der Waals surface area contributed by atoms with E-state index < -0.39 is 0 Å². The lowest BCUT2D eigenvalue weighted by molar-refractivity contribution is 1.08. The summed E-state index contributed by atoms with van der Waals surface area (Å²) < 4.78 is 0. The van der Waals surface area contributed by atoms with Gasteiger partial charge in [0.2, 0.25) is 0 Å². The van der Waals surface area contributed by atoms with Crippen LogP contribution in [0.5, 0.6) is 0 Å². The average Bonchev–Trinajstić information content (AvgIpc) is 3.65. The molecule has 0 aliphatic heterocycles. The van der Waals surface area contributed by atoms with E-state index >= 15 is 0 Å². The van der Waals surface area contributed by atoms with Gasteiger partial charge in [-0.3, -0.25) is 10.8 Å². The van der Waals surface area contributed by atoms with Crippen LogP contribution in [0.1, 0.15) is 11.4 Å². The molecule has 9 heteroatoms. The average molecular weight is 656 g/mol. The maximum atomic E-state index is 8.79. The van der Waals surface area contributed by atoms with Crippen molar-refractivity contribution in [1.29, 1.82) is 10.8 Å². The van der Waals surface area contributed by atoms with Gasteiger partial charge < -0.3 is 0 Å². The molecule has 4 aromatic heterocycles. The third-order valence-corrected chi connectivity index (χ3v) is 9.71. The molecule has 7 nitrogen and oxygen atoms in total. The smallest absolute Gasteiger partial charge is 0.166 e. The third kappa shape index (κ3) is 5.77. The number of hydrogen-bond acceptors (Lipinski definition) is 9. The number of nitrogens with one attached hydrogen (secondary N) is 2. The molecule has 0 unspecified atom stereocenters. The van der Waals surface area contributed by atoms with Crippen molar-refractivity contribution in [2.45, 2.75) is 0 Å². The Labute approximate surface area is 284 Å². The topological polar surface area (TPSA) is 112 Å². The number of pyridine rings is 3. The third-order valence-electron chi connectivity index (χ3n) is 7.91. The van der Waals surface area contributed by atoms with Crippen LogP contribution < -0.4 is 0 Å². The second-order valence-electron chi connectivity index (χ2n) is 11.0. The standard InChI is InChI=1S/C39H25N7S2/c40-36(32-20-7-18-30(42-32)28-16-5-12-24-10-1-3-14-26(24)28)47-37(41)33-21-9-23-35(44-33)39-46-45-38(48-39)34-22-8-19-31(43-34)29-17-6-13-25-11-2-4-15-27(25)29/h1-23,40-41H. The predicted molar refractivity (Wildman–Crippen MR) is 198 cm³/mol. The molecular weight excluding hydrogens is 631 g/mol. The Kier molecular flexibility index (Phi) is 7.81. The lowest BCUT2D eigenvalue weighted by atomic mass is 10.0. The maximum Gasteiger partial charge on any atom is 0.166 e. The first-order valence-electron chi connectivity index (χ1n) is 15.2. The monoisotopic (exact) mass is 655 g/mol. The van der Waals surface area contributed by atoms with E-state index in [4.69, 9.17) is 25.8 Å². The predicted octanol–water partition coefficient (Wildman–Crippen LogP) is 9.78. The van der Waals surface area contributed by atoms with Gasteiger partial charge in [0.1, 0.15) is 21.5 Å². The summed E-state index contributed by atoms with van der Waals surface area (Å²) in [5, 5.41) is 32.6. The van der Waals surface area contributed by atoms with Crippen LogP contribution in [0, 0.1) is 10.8 Å². The minimum absolute atomic E-state index is 0.147. The summed E-state index contributed by atoms with van der Waals surface area (Å²) in [5.41, 5.74) is 6.00. The van der Waals surface area contributed by atoms with E-state index in [2.05, 4.69) is 52.7 Å². The second-order valence-corrected chi connectivity index (χ2v) is 12.9. The Bertz CT molecular complexity index is 2500. The minimum atomic E-state index is 0.147. The van der Waals surface area contributed by atoms with Gasteiger partial charge >= 0.3 is 0 Å². The van der Waals surface area contributed by atoms with Gasteiger partial charge in [0, 0.05) is 11.1 Å². The van der Waals surface area contributed by atoms with Gasteiger partial charge in [-0.2, -0.15) is 0 Å². The van der Waals surface area contributed by atoms with Crippen LogP contribution in [0.4, 0.5) is 0 Å². The van der Waals surface area contributed by atoms with Crippen LogP contribution in [-0.2, 0) is 0 Å². The Hall–Kier alpha value is -5.90. The zero-order valence-electron chi connectivity index (χ0n) is 25.3. The van der Waals surface area contributed by atoms with Crippen molar-refractivity contribution in [3.8, 4) is 43.9 Å². The first-order valence-corrected chi connectivity index (χ1v) is 16.8. The van der Waals surface area contributed by atoms with Gasteiger partial charge in [0.05, 0.1) is 22.8 Å². The Morgan fingerprint density at radius 1 is 0.438 bits per heavy atom. The summed E-state index contributed by atoms with van der Waals surface area (Å²) in [6, 6.07) is 45.9. The van der Waals surface area contributed by atoms with Crippen molar-refractivity contribution in [2.24, 2.45) is 0 Å². The molecule has 0 saturated carbocycles. The van der Waals surface area contributed by atoms with Crippen molar-refractivity contribution in [2.75, 3.05) is 0 Å². The Morgan fingerprint density at radius 3 is 1.44 bits per heavy atom. The van der Waals surface area contributed by atoms with E-state index in [1.807, 2.05) is 84.9 Å². The van der Waals surface area contributed by atoms with Crippen molar-refractivity contribution in [3.63, 3.8) is 0 Å². The van der Waals surface area contributed by atoms with Crippen LogP contribution in [-0.4, -0.2) is 35.2 Å². The summed E-state index contributed by atoms with van der Waals surface area (Å²) in [5.74, 6) is 0. The number of rotatable bonds is 6. The molecule has 48 heavy (non-hydrogen) atoms. The summed E-state index contributed by atoms with van der Waals surface area (Å²) in [6.45, 7) is 0. The first kappa shape index (κ1) is 29.5. The number of fused-ring (bicyclic) bond motifs is 2. The van der Waals surface area contributed by atoms with E-state index in [-0.39, 0.29) is 10.1 Å². The quantitative estimate of drug-likeness (QED) is 0.136. The number of thioether (sulfide) groups is 1. The number of hydrogen-bond donors (Lipinski definition) is 2. The van der Waals surface area contributed by atoms with Crippen molar-refractivity contribution in [1.82, 2.24) is 25.1 Å². The van der Waals surface area contributed by atoms with Gasteiger partial charge in [0.15, 0.2) is 10.0 Å². The van der Waals surface area contributed by atoms with Gasteiger partial charge in [-0.15, -0.1) is 10.2 Å². The summed E-state index contributed by atoms with van der Waals surface area (Å²) in [7, 11) is 0. The number of benzene rings is 4. The fourth-order valence-corrected chi connectivity index (χ4v) is 7.05. The van der Waals surface area contributed by atoms with Gasteiger partial charge in [0.25, 0.3) is 0 Å². The molecule has 4 heterocycles. The molecule has 0 fully saturated rings. The lowest BCUT2D eigenvalue weighted by Crippen LogP contribution is -2.05. The van der Waals surface area contributed by atoms with Gasteiger partial charge in [-0.05, 0) is 69.7 Å². The van der Waals surface area contributed by atoms with Gasteiger partial charge in [-0.1, -0.05) is 114 Å². The van der Waals surface area contributed by atoms with Crippen LogP contribution >= 0.6 is 23.1 Å². The molecule has 228 valence electrons. The highest BCUT2D eigenvalue weighted by atomic mass is 32.2. The summed E-state index contributed by atoms with van der Waals surface area (Å²) in [4.78, 5) is 14.5. The molecule has 0 aliphatic rings. The maximum absolute atomic E-state index is 8.79. The van der Waals surface area contributed by atoms with E-state index in [0.29, 0.717) is 27.1 Å². The Morgan fingerprint density at radius 2 is 0.854 bits per heavy atom. The molecule has 0 amide bonds. The SMILES string of the molecule is N=C(SC(=N)c1cccc(-c2cccc3ccccc23)n1)c1cccc(-c2nnc(-c3cccc(-c4cccc5ccccc45)n3)s2)n1. The van der Waals surface area contributed by atoms with Crippen molar-refractivity contribution >= 4 is 54.7 Å². The molecule has 8 rings (SSSR count). The van der Waals surface area contributed by atoms with E-state index in [1.54, 1.807) is 12.1 Å². The molecule has 8 aromatic rings. The zero-order chi connectivity index (χ0) is 32.5. The van der Waals surface area contributed by atoms with E-state index in [9.17, 15) is 0 Å². The van der Waals surface area contributed by atoms with Crippen molar-refractivity contribution < 1.29 is 0 Å². The fourth-order valence-electron chi connectivity index (χ4n) is 5.63. The molecule has 0 spiro atoms. The normalized spacial score (nSPS) is 11.2. The van der Waals surface area contributed by atoms with Gasteiger partial charge in [-0.25, -0.2) is 15.0 Å². The van der Waals surface area contributed by atoms with Crippen LogP contribution in [0.25, 0.3) is 65.5 Å². The molecule has 0 aliphatic carbocycles. The van der Waals surface area contributed by atoms with Crippen LogP contribution in [0.15, 0.2) is 140 Å². The first-order chi connectivity index (χ1) is 23.6. The van der Waals surface area contributed by atoms with Crippen LogP contribution in [0.2, 0.25) is 0 Å². The molecule has 0 saturated heterocycles.